The monoisotopic (exact) mass is 288 g/mol. The summed E-state index contributed by atoms with van der Waals surface area (Å²) in [7, 11) is 0. The fourth-order valence-electron chi connectivity index (χ4n) is 1.75. The van der Waals surface area contributed by atoms with Crippen molar-refractivity contribution in [2.45, 2.75) is 32.9 Å². The zero-order valence-corrected chi connectivity index (χ0v) is 11.6. The van der Waals surface area contributed by atoms with Crippen LogP contribution in [0.15, 0.2) is 18.2 Å². The van der Waals surface area contributed by atoms with Crippen LogP contribution in [0, 0.1) is 0 Å². The second-order valence-corrected chi connectivity index (χ2v) is 4.40. The summed E-state index contributed by atoms with van der Waals surface area (Å²) in [5, 5.41) is 5.25. The van der Waals surface area contributed by atoms with Gasteiger partial charge in [-0.1, -0.05) is 13.3 Å². The molecule has 0 unspecified atom stereocenters. The smallest absolute Gasteiger partial charge is 0.385 e. The molecular weight excluding hydrogens is 269 g/mol. The molecule has 1 aromatic carbocycles. The van der Waals surface area contributed by atoms with E-state index in [1.165, 1.54) is 12.1 Å². The second kappa shape index (κ2) is 7.17. The molecule has 0 aliphatic rings. The van der Waals surface area contributed by atoms with Gasteiger partial charge in [0.1, 0.15) is 0 Å². The van der Waals surface area contributed by atoms with Crippen LogP contribution in [0.3, 0.4) is 0 Å². The molecule has 112 valence electrons. The van der Waals surface area contributed by atoms with Gasteiger partial charge in [0.2, 0.25) is 0 Å². The Morgan fingerprint density at radius 1 is 1.25 bits per heavy atom. The molecule has 3 nitrogen and oxygen atoms in total. The van der Waals surface area contributed by atoms with Gasteiger partial charge in [0.15, 0.2) is 0 Å². The van der Waals surface area contributed by atoms with E-state index >= 15 is 0 Å². The van der Waals surface area contributed by atoms with Crippen molar-refractivity contribution in [3.63, 3.8) is 0 Å². The number of benzene rings is 1. The summed E-state index contributed by atoms with van der Waals surface area (Å²) in [6.45, 7) is 4.53. The molecule has 0 fully saturated rings. The highest BCUT2D eigenvalue weighted by molar-refractivity contribution is 5.95. The van der Waals surface area contributed by atoms with Gasteiger partial charge >= 0.3 is 6.18 Å². The molecule has 2 N–H and O–H groups in total. The maximum atomic E-state index is 13.0. The fourth-order valence-corrected chi connectivity index (χ4v) is 1.75. The van der Waals surface area contributed by atoms with Crippen LogP contribution in [0.25, 0.3) is 0 Å². The molecule has 0 saturated carbocycles. The third-order valence-electron chi connectivity index (χ3n) is 2.77. The van der Waals surface area contributed by atoms with Crippen LogP contribution in [-0.4, -0.2) is 19.0 Å². The number of carbonyl (C=O) groups is 1. The Morgan fingerprint density at radius 3 is 2.50 bits per heavy atom. The summed E-state index contributed by atoms with van der Waals surface area (Å²) < 4.78 is 38.9. The Kier molecular flexibility index (Phi) is 5.85. The Balaban J connectivity index is 2.97. The molecule has 0 atom stereocenters. The fraction of sp³-hybridized carbons (Fsp3) is 0.500. The van der Waals surface area contributed by atoms with Crippen LogP contribution in [0.2, 0.25) is 0 Å². The average molecular weight is 288 g/mol. The quantitative estimate of drug-likeness (QED) is 0.784. The molecule has 6 heteroatoms. The van der Waals surface area contributed by atoms with Gasteiger partial charge in [0, 0.05) is 24.3 Å². The van der Waals surface area contributed by atoms with Gasteiger partial charge in [-0.2, -0.15) is 13.2 Å². The van der Waals surface area contributed by atoms with E-state index in [9.17, 15) is 18.0 Å². The summed E-state index contributed by atoms with van der Waals surface area (Å²) in [6, 6.07) is 3.58. The maximum absolute atomic E-state index is 13.0. The van der Waals surface area contributed by atoms with E-state index < -0.39 is 17.6 Å². The summed E-state index contributed by atoms with van der Waals surface area (Å²) in [5.74, 6) is -0.480. The van der Waals surface area contributed by atoms with E-state index in [4.69, 9.17) is 0 Å². The van der Waals surface area contributed by atoms with Gasteiger partial charge < -0.3 is 10.6 Å². The van der Waals surface area contributed by atoms with Gasteiger partial charge in [0.05, 0.1) is 5.56 Å². The first-order chi connectivity index (χ1) is 9.40. The van der Waals surface area contributed by atoms with Crippen LogP contribution in [0.4, 0.5) is 18.9 Å². The van der Waals surface area contributed by atoms with Crippen molar-refractivity contribution in [3.8, 4) is 0 Å². The molecule has 0 radical (unpaired) electrons. The zero-order valence-electron chi connectivity index (χ0n) is 11.6. The lowest BCUT2D eigenvalue weighted by molar-refractivity contribution is -0.137. The van der Waals surface area contributed by atoms with Crippen molar-refractivity contribution >= 4 is 11.6 Å². The highest BCUT2D eigenvalue weighted by atomic mass is 19.4. The van der Waals surface area contributed by atoms with E-state index in [-0.39, 0.29) is 11.3 Å². The molecule has 0 spiro atoms. The lowest BCUT2D eigenvalue weighted by atomic mass is 10.1. The van der Waals surface area contributed by atoms with Crippen molar-refractivity contribution < 1.29 is 18.0 Å². The molecule has 1 amide bonds. The Hall–Kier alpha value is -1.72. The Labute approximate surface area is 116 Å². The number of amides is 1. The highest BCUT2D eigenvalue weighted by Crippen LogP contribution is 2.35. The molecule has 0 heterocycles. The van der Waals surface area contributed by atoms with Crippen LogP contribution in [0.1, 0.15) is 42.6 Å². The van der Waals surface area contributed by atoms with E-state index in [2.05, 4.69) is 10.6 Å². The highest BCUT2D eigenvalue weighted by Gasteiger charge is 2.34. The van der Waals surface area contributed by atoms with E-state index in [0.29, 0.717) is 13.1 Å². The van der Waals surface area contributed by atoms with Crippen molar-refractivity contribution in [1.29, 1.82) is 0 Å². The first-order valence-electron chi connectivity index (χ1n) is 6.63. The minimum absolute atomic E-state index is 0.00916. The molecule has 1 rings (SSSR count). The summed E-state index contributed by atoms with van der Waals surface area (Å²) >= 11 is 0. The summed E-state index contributed by atoms with van der Waals surface area (Å²) in [5.41, 5.74) is -0.803. The van der Waals surface area contributed by atoms with Gasteiger partial charge in [0.25, 0.3) is 5.91 Å². The number of unbranched alkanes of at least 4 members (excludes halogenated alkanes) is 1. The first-order valence-corrected chi connectivity index (χ1v) is 6.63. The molecule has 0 aliphatic carbocycles. The first kappa shape index (κ1) is 16.3. The SMILES string of the molecule is CCCCNC(=O)c1ccc(NCC)c(C(F)(F)F)c1. The van der Waals surface area contributed by atoms with Gasteiger partial charge in [-0.15, -0.1) is 0 Å². The van der Waals surface area contributed by atoms with Crippen molar-refractivity contribution in [2.75, 3.05) is 18.4 Å². The maximum Gasteiger partial charge on any atom is 0.418 e. The number of hydrogen-bond donors (Lipinski definition) is 2. The normalized spacial score (nSPS) is 11.2. The van der Waals surface area contributed by atoms with Gasteiger partial charge in [-0.3, -0.25) is 4.79 Å². The summed E-state index contributed by atoms with van der Waals surface area (Å²) in [4.78, 5) is 11.8. The van der Waals surface area contributed by atoms with Crippen LogP contribution in [-0.2, 0) is 6.18 Å². The molecule has 1 aromatic rings. The predicted octanol–water partition coefficient (Wildman–Crippen LogP) is 3.67. The lowest BCUT2D eigenvalue weighted by Crippen LogP contribution is -2.25. The standard InChI is InChI=1S/C14H19F3N2O/c1-3-5-8-19-13(20)10-6-7-12(18-4-2)11(9-10)14(15,16)17/h6-7,9,18H,3-5,8H2,1-2H3,(H,19,20). The summed E-state index contributed by atoms with van der Waals surface area (Å²) in [6.07, 6.45) is -2.78. The number of rotatable bonds is 6. The number of alkyl halides is 3. The lowest BCUT2D eigenvalue weighted by Gasteiger charge is -2.15. The molecule has 0 saturated heterocycles. The molecule has 0 bridgehead atoms. The molecule has 0 aliphatic heterocycles. The van der Waals surface area contributed by atoms with Crippen molar-refractivity contribution in [3.05, 3.63) is 29.3 Å². The molecule has 0 aromatic heterocycles. The third kappa shape index (κ3) is 4.43. The zero-order chi connectivity index (χ0) is 15.2. The van der Waals surface area contributed by atoms with Crippen LogP contribution in [0.5, 0.6) is 0 Å². The largest absolute Gasteiger partial charge is 0.418 e. The molecule has 20 heavy (non-hydrogen) atoms. The van der Waals surface area contributed by atoms with Crippen molar-refractivity contribution in [2.24, 2.45) is 0 Å². The Morgan fingerprint density at radius 2 is 1.95 bits per heavy atom. The predicted molar refractivity (Wildman–Crippen MR) is 72.8 cm³/mol. The minimum atomic E-state index is -4.49. The topological polar surface area (TPSA) is 41.1 Å². The molecular formula is C14H19F3N2O. The number of hydrogen-bond acceptors (Lipinski definition) is 2. The minimum Gasteiger partial charge on any atom is -0.385 e. The van der Waals surface area contributed by atoms with Crippen LogP contribution < -0.4 is 10.6 Å². The van der Waals surface area contributed by atoms with Gasteiger partial charge in [-0.05, 0) is 31.5 Å². The second-order valence-electron chi connectivity index (χ2n) is 4.40. The van der Waals surface area contributed by atoms with E-state index in [0.717, 1.165) is 18.9 Å². The number of carbonyl (C=O) groups excluding carboxylic acids is 1. The van der Waals surface area contributed by atoms with E-state index in [1.807, 2.05) is 6.92 Å². The van der Waals surface area contributed by atoms with Gasteiger partial charge in [-0.25, -0.2) is 0 Å². The Bertz CT molecular complexity index is 458. The number of halogens is 3. The van der Waals surface area contributed by atoms with Crippen molar-refractivity contribution in [1.82, 2.24) is 5.32 Å². The van der Waals surface area contributed by atoms with E-state index in [1.54, 1.807) is 6.92 Å². The van der Waals surface area contributed by atoms with Crippen LogP contribution >= 0.6 is 0 Å². The number of nitrogens with one attached hydrogen (secondary N) is 2. The number of anilines is 1. The average Bonchev–Trinajstić information content (AvgIpc) is 2.38. The third-order valence-corrected chi connectivity index (χ3v) is 2.77.